The van der Waals surface area contributed by atoms with E-state index in [4.69, 9.17) is 5.11 Å². The predicted molar refractivity (Wildman–Crippen MR) is 58.4 cm³/mol. The molecule has 0 aromatic heterocycles. The van der Waals surface area contributed by atoms with Crippen molar-refractivity contribution in [1.82, 2.24) is 0 Å². The van der Waals surface area contributed by atoms with Crippen molar-refractivity contribution in [2.45, 2.75) is 12.3 Å². The first kappa shape index (κ1) is 14.3. The van der Waals surface area contributed by atoms with E-state index in [1.54, 1.807) is 14.1 Å². The number of carboxylic acids is 1. The van der Waals surface area contributed by atoms with E-state index < -0.39 is 29.4 Å². The number of aliphatic hydroxyl groups is 1. The van der Waals surface area contributed by atoms with Crippen molar-refractivity contribution in [1.29, 1.82) is 0 Å². The molecule has 0 fully saturated rings. The van der Waals surface area contributed by atoms with E-state index in [2.05, 4.69) is 0 Å². The third-order valence-corrected chi connectivity index (χ3v) is 2.39. The van der Waals surface area contributed by atoms with E-state index in [0.717, 1.165) is 12.1 Å². The number of benzene rings is 1. The Kier molecular flexibility index (Phi) is 3.85. The van der Waals surface area contributed by atoms with E-state index in [-0.39, 0.29) is 0 Å². The summed E-state index contributed by atoms with van der Waals surface area (Å²) in [5.41, 5.74) is -1.44. The Bertz CT molecular complexity index is 457. The number of nitrogens with zero attached hydrogens (tertiary/aromatic N) is 1. The summed E-state index contributed by atoms with van der Waals surface area (Å²) in [6, 6.07) is 2.99. The van der Waals surface area contributed by atoms with Crippen LogP contribution in [0.2, 0.25) is 0 Å². The van der Waals surface area contributed by atoms with Gasteiger partial charge in [-0.2, -0.15) is 13.2 Å². The molecule has 0 amide bonds. The van der Waals surface area contributed by atoms with Crippen molar-refractivity contribution < 1.29 is 28.2 Å². The van der Waals surface area contributed by atoms with Crippen molar-refractivity contribution in [2.24, 2.45) is 0 Å². The van der Waals surface area contributed by atoms with Gasteiger partial charge in [-0.05, 0) is 18.2 Å². The summed E-state index contributed by atoms with van der Waals surface area (Å²) in [5.74, 6) is -1.73. The Morgan fingerprint density at radius 1 is 1.33 bits per heavy atom. The number of aliphatic carboxylic acids is 1. The average molecular weight is 263 g/mol. The molecule has 0 heterocycles. The highest BCUT2D eigenvalue weighted by Gasteiger charge is 2.36. The predicted octanol–water partition coefficient (Wildman–Crippen LogP) is 1.89. The number of carboxylic acid groups (broad SMARTS) is 1. The summed E-state index contributed by atoms with van der Waals surface area (Å²) in [5, 5.41) is 18.0. The summed E-state index contributed by atoms with van der Waals surface area (Å²) in [6.45, 7) is 0. The third kappa shape index (κ3) is 2.92. The first-order valence-electron chi connectivity index (χ1n) is 4.94. The minimum Gasteiger partial charge on any atom is -0.479 e. The molecule has 0 aliphatic rings. The van der Waals surface area contributed by atoms with E-state index in [1.807, 2.05) is 0 Å². The molecule has 0 spiro atoms. The van der Waals surface area contributed by atoms with Crippen molar-refractivity contribution in [3.63, 3.8) is 0 Å². The summed E-state index contributed by atoms with van der Waals surface area (Å²) in [6.07, 6.45) is -6.92. The molecule has 0 saturated heterocycles. The summed E-state index contributed by atoms with van der Waals surface area (Å²) in [4.78, 5) is 12.1. The highest BCUT2D eigenvalue weighted by Crippen LogP contribution is 2.36. The molecule has 7 heteroatoms. The van der Waals surface area contributed by atoms with Crippen LogP contribution in [0.1, 0.15) is 17.2 Å². The molecule has 1 rings (SSSR count). The summed E-state index contributed by atoms with van der Waals surface area (Å²) >= 11 is 0. The molecule has 1 atom stereocenters. The quantitative estimate of drug-likeness (QED) is 0.874. The number of carbonyl (C=O) groups is 1. The Morgan fingerprint density at radius 3 is 2.28 bits per heavy atom. The highest BCUT2D eigenvalue weighted by molar-refractivity contribution is 5.75. The number of alkyl halides is 3. The monoisotopic (exact) mass is 263 g/mol. The van der Waals surface area contributed by atoms with Gasteiger partial charge >= 0.3 is 12.1 Å². The first-order valence-corrected chi connectivity index (χ1v) is 4.94. The largest absolute Gasteiger partial charge is 0.479 e. The van der Waals surface area contributed by atoms with E-state index in [1.165, 1.54) is 11.0 Å². The molecule has 0 saturated carbocycles. The van der Waals surface area contributed by atoms with Crippen LogP contribution in [0.15, 0.2) is 18.2 Å². The summed E-state index contributed by atoms with van der Waals surface area (Å²) < 4.78 is 38.1. The molecule has 2 N–H and O–H groups in total. The van der Waals surface area contributed by atoms with Crippen LogP contribution in [-0.2, 0) is 11.0 Å². The maximum atomic E-state index is 12.7. The third-order valence-electron chi connectivity index (χ3n) is 2.39. The van der Waals surface area contributed by atoms with Crippen LogP contribution in [-0.4, -0.2) is 30.3 Å². The van der Waals surface area contributed by atoms with Crippen molar-refractivity contribution >= 4 is 11.7 Å². The molecule has 1 aromatic rings. The molecule has 1 unspecified atom stereocenters. The number of halogens is 3. The molecular formula is C11H12F3NO3. The summed E-state index contributed by atoms with van der Waals surface area (Å²) in [7, 11) is 3.19. The number of anilines is 1. The molecule has 0 aliphatic heterocycles. The number of rotatable bonds is 3. The Balaban J connectivity index is 3.40. The number of aliphatic hydroxyl groups excluding tert-OH is 1. The normalized spacial score (nSPS) is 13.2. The number of hydrogen-bond donors (Lipinski definition) is 2. The zero-order valence-electron chi connectivity index (χ0n) is 9.69. The van der Waals surface area contributed by atoms with Gasteiger partial charge in [0, 0.05) is 25.3 Å². The van der Waals surface area contributed by atoms with Gasteiger partial charge in [0.2, 0.25) is 0 Å². The van der Waals surface area contributed by atoms with Gasteiger partial charge in [-0.3, -0.25) is 0 Å². The Hall–Kier alpha value is -1.76. The van der Waals surface area contributed by atoms with E-state index in [9.17, 15) is 23.1 Å². The van der Waals surface area contributed by atoms with E-state index >= 15 is 0 Å². The second kappa shape index (κ2) is 4.85. The lowest BCUT2D eigenvalue weighted by atomic mass is 10.0. The Morgan fingerprint density at radius 2 is 1.89 bits per heavy atom. The second-order valence-corrected chi connectivity index (χ2v) is 3.90. The zero-order valence-corrected chi connectivity index (χ0v) is 9.69. The van der Waals surface area contributed by atoms with Gasteiger partial charge < -0.3 is 15.1 Å². The minimum absolute atomic E-state index is 0.373. The topological polar surface area (TPSA) is 60.8 Å². The first-order chi connectivity index (χ1) is 8.14. The SMILES string of the molecule is CN(C)c1ccc(C(F)(F)F)c(C(O)C(=O)O)c1. The molecule has 4 nitrogen and oxygen atoms in total. The fourth-order valence-corrected chi connectivity index (χ4v) is 1.45. The lowest BCUT2D eigenvalue weighted by Crippen LogP contribution is -2.19. The van der Waals surface area contributed by atoms with Gasteiger partial charge in [0.05, 0.1) is 5.56 Å². The van der Waals surface area contributed by atoms with Crippen LogP contribution < -0.4 is 4.90 Å². The van der Waals surface area contributed by atoms with Crippen LogP contribution in [0.3, 0.4) is 0 Å². The lowest BCUT2D eigenvalue weighted by Gasteiger charge is -2.19. The van der Waals surface area contributed by atoms with Gasteiger partial charge in [-0.25, -0.2) is 4.79 Å². The standard InChI is InChI=1S/C11H12F3NO3/c1-15(2)6-3-4-8(11(12,13)14)7(5-6)9(16)10(17)18/h3-5,9,16H,1-2H3,(H,17,18). The average Bonchev–Trinajstić information content (AvgIpc) is 2.25. The van der Waals surface area contributed by atoms with Crippen LogP contribution >= 0.6 is 0 Å². The van der Waals surface area contributed by atoms with Gasteiger partial charge in [0.15, 0.2) is 6.10 Å². The van der Waals surface area contributed by atoms with Crippen molar-refractivity contribution in [3.8, 4) is 0 Å². The maximum Gasteiger partial charge on any atom is 0.416 e. The van der Waals surface area contributed by atoms with E-state index in [0.29, 0.717) is 5.69 Å². The highest BCUT2D eigenvalue weighted by atomic mass is 19.4. The van der Waals surface area contributed by atoms with Gasteiger partial charge in [-0.1, -0.05) is 0 Å². The smallest absolute Gasteiger partial charge is 0.416 e. The van der Waals surface area contributed by atoms with Gasteiger partial charge in [0.1, 0.15) is 0 Å². The molecule has 0 bridgehead atoms. The molecule has 100 valence electrons. The fourth-order valence-electron chi connectivity index (χ4n) is 1.45. The van der Waals surface area contributed by atoms with Crippen LogP contribution in [0, 0.1) is 0 Å². The second-order valence-electron chi connectivity index (χ2n) is 3.90. The fraction of sp³-hybridized carbons (Fsp3) is 0.364. The molecule has 0 radical (unpaired) electrons. The molecule has 18 heavy (non-hydrogen) atoms. The zero-order chi connectivity index (χ0) is 14.1. The van der Waals surface area contributed by atoms with Crippen molar-refractivity contribution in [3.05, 3.63) is 29.3 Å². The van der Waals surface area contributed by atoms with Crippen LogP contribution in [0.4, 0.5) is 18.9 Å². The van der Waals surface area contributed by atoms with Gasteiger partial charge in [0.25, 0.3) is 0 Å². The van der Waals surface area contributed by atoms with Crippen LogP contribution in [0.25, 0.3) is 0 Å². The maximum absolute atomic E-state index is 12.7. The molecule has 1 aromatic carbocycles. The molecule has 0 aliphatic carbocycles. The molecular weight excluding hydrogens is 251 g/mol. The Labute approximate surface area is 101 Å². The number of hydrogen-bond acceptors (Lipinski definition) is 3. The van der Waals surface area contributed by atoms with Crippen molar-refractivity contribution in [2.75, 3.05) is 19.0 Å². The van der Waals surface area contributed by atoms with Gasteiger partial charge in [-0.15, -0.1) is 0 Å². The minimum atomic E-state index is -4.71. The lowest BCUT2D eigenvalue weighted by molar-refractivity contribution is -0.149. The van der Waals surface area contributed by atoms with Crippen LogP contribution in [0.5, 0.6) is 0 Å².